The first-order valence-electron chi connectivity index (χ1n) is 7.05. The molecular formula is C15H18N2O3. The molecule has 2 aliphatic rings. The van der Waals surface area contributed by atoms with Crippen LogP contribution in [0.1, 0.15) is 38.2 Å². The van der Waals surface area contributed by atoms with Crippen molar-refractivity contribution in [3.8, 4) is 0 Å². The second-order valence-corrected chi connectivity index (χ2v) is 5.35. The van der Waals surface area contributed by atoms with E-state index in [2.05, 4.69) is 10.6 Å². The van der Waals surface area contributed by atoms with Gasteiger partial charge in [-0.25, -0.2) is 4.79 Å². The van der Waals surface area contributed by atoms with Gasteiger partial charge in [-0.15, -0.1) is 0 Å². The largest absolute Gasteiger partial charge is 0.450 e. The van der Waals surface area contributed by atoms with Gasteiger partial charge in [0.05, 0.1) is 12.0 Å². The van der Waals surface area contributed by atoms with Crippen molar-refractivity contribution in [1.82, 2.24) is 0 Å². The fraction of sp³-hybridized carbons (Fsp3) is 0.467. The smallest absolute Gasteiger partial charge is 0.411 e. The number of rotatable bonds is 2. The van der Waals surface area contributed by atoms with Gasteiger partial charge >= 0.3 is 6.09 Å². The summed E-state index contributed by atoms with van der Waals surface area (Å²) in [6, 6.07) is 5.53. The topological polar surface area (TPSA) is 67.4 Å². The monoisotopic (exact) mass is 274 g/mol. The Morgan fingerprint density at radius 3 is 2.85 bits per heavy atom. The van der Waals surface area contributed by atoms with Crippen LogP contribution in [-0.4, -0.2) is 18.6 Å². The van der Waals surface area contributed by atoms with Crippen molar-refractivity contribution in [1.29, 1.82) is 0 Å². The first kappa shape index (κ1) is 13.0. The van der Waals surface area contributed by atoms with E-state index in [9.17, 15) is 9.59 Å². The van der Waals surface area contributed by atoms with Crippen molar-refractivity contribution in [3.63, 3.8) is 0 Å². The second-order valence-electron chi connectivity index (χ2n) is 5.35. The number of fused-ring (bicyclic) bond motifs is 2. The van der Waals surface area contributed by atoms with Crippen LogP contribution in [0.15, 0.2) is 18.2 Å². The standard InChI is InChI=1S/C15H18N2O3/c1-2-20-14(19)16-10-5-6-12-11(9-10)15(13(18)17-12)7-3-4-8-15/h5-6,9H,2-4,7-8H2,1H3,(H,16,19)(H,17,18). The molecule has 0 atom stereocenters. The molecule has 2 amide bonds. The molecule has 1 aliphatic heterocycles. The third-order valence-corrected chi connectivity index (χ3v) is 4.20. The predicted molar refractivity (Wildman–Crippen MR) is 75.9 cm³/mol. The summed E-state index contributed by atoms with van der Waals surface area (Å²) < 4.78 is 4.87. The van der Waals surface area contributed by atoms with Gasteiger partial charge < -0.3 is 10.1 Å². The van der Waals surface area contributed by atoms with E-state index < -0.39 is 6.09 Å². The fourth-order valence-electron chi connectivity index (χ4n) is 3.25. The minimum atomic E-state index is -0.467. The Morgan fingerprint density at radius 2 is 2.15 bits per heavy atom. The van der Waals surface area contributed by atoms with Crippen LogP contribution in [0.25, 0.3) is 0 Å². The summed E-state index contributed by atoms with van der Waals surface area (Å²) in [7, 11) is 0. The highest BCUT2D eigenvalue weighted by atomic mass is 16.5. The molecule has 1 aliphatic carbocycles. The van der Waals surface area contributed by atoms with Crippen molar-refractivity contribution in [2.45, 2.75) is 38.0 Å². The minimum Gasteiger partial charge on any atom is -0.450 e. The number of amides is 2. The fourth-order valence-corrected chi connectivity index (χ4v) is 3.25. The number of benzene rings is 1. The van der Waals surface area contributed by atoms with Gasteiger partial charge in [-0.1, -0.05) is 12.8 Å². The molecule has 0 aromatic heterocycles. The van der Waals surface area contributed by atoms with E-state index in [0.717, 1.165) is 36.9 Å². The zero-order chi connectivity index (χ0) is 14.2. The van der Waals surface area contributed by atoms with Crippen molar-refractivity contribution in [2.24, 2.45) is 0 Å². The summed E-state index contributed by atoms with van der Waals surface area (Å²) in [4.78, 5) is 23.7. The second kappa shape index (κ2) is 4.81. The van der Waals surface area contributed by atoms with Crippen LogP contribution in [0.3, 0.4) is 0 Å². The molecule has 5 heteroatoms. The van der Waals surface area contributed by atoms with E-state index in [4.69, 9.17) is 4.74 Å². The first-order valence-corrected chi connectivity index (χ1v) is 7.05. The third kappa shape index (κ3) is 1.94. The van der Waals surface area contributed by atoms with Gasteiger partial charge in [0, 0.05) is 11.4 Å². The van der Waals surface area contributed by atoms with Crippen LogP contribution in [-0.2, 0) is 14.9 Å². The van der Waals surface area contributed by atoms with Crippen LogP contribution in [0.2, 0.25) is 0 Å². The lowest BCUT2D eigenvalue weighted by Crippen LogP contribution is -2.31. The Kier molecular flexibility index (Phi) is 3.12. The molecule has 1 fully saturated rings. The molecular weight excluding hydrogens is 256 g/mol. The van der Waals surface area contributed by atoms with Crippen molar-refractivity contribution in [3.05, 3.63) is 23.8 Å². The van der Waals surface area contributed by atoms with Gasteiger partial charge in [-0.3, -0.25) is 10.1 Å². The molecule has 0 saturated heterocycles. The molecule has 106 valence electrons. The van der Waals surface area contributed by atoms with E-state index in [1.54, 1.807) is 13.0 Å². The molecule has 1 spiro atoms. The number of hydrogen-bond acceptors (Lipinski definition) is 3. The van der Waals surface area contributed by atoms with Crippen molar-refractivity contribution in [2.75, 3.05) is 17.2 Å². The lowest BCUT2D eigenvalue weighted by atomic mass is 9.80. The van der Waals surface area contributed by atoms with Crippen molar-refractivity contribution >= 4 is 23.4 Å². The van der Waals surface area contributed by atoms with Gasteiger partial charge in [0.15, 0.2) is 0 Å². The Hall–Kier alpha value is -2.04. The van der Waals surface area contributed by atoms with Gasteiger partial charge in [0.1, 0.15) is 0 Å². The molecule has 1 heterocycles. The molecule has 1 saturated carbocycles. The van der Waals surface area contributed by atoms with Gasteiger partial charge in [-0.05, 0) is 43.5 Å². The molecule has 20 heavy (non-hydrogen) atoms. The Bertz CT molecular complexity index is 562. The van der Waals surface area contributed by atoms with E-state index in [0.29, 0.717) is 12.3 Å². The summed E-state index contributed by atoms with van der Waals surface area (Å²) in [5.41, 5.74) is 2.16. The summed E-state index contributed by atoms with van der Waals surface area (Å²) >= 11 is 0. The van der Waals surface area contributed by atoms with Crippen LogP contribution in [0, 0.1) is 0 Å². The Balaban J connectivity index is 1.91. The lowest BCUT2D eigenvalue weighted by Gasteiger charge is -2.21. The van der Waals surface area contributed by atoms with Gasteiger partial charge in [0.2, 0.25) is 5.91 Å². The normalized spacial score (nSPS) is 18.8. The SMILES string of the molecule is CCOC(=O)Nc1ccc2c(c1)C1(CCCC1)C(=O)N2. The first-order chi connectivity index (χ1) is 9.65. The predicted octanol–water partition coefficient (Wildman–Crippen LogP) is 3.02. The maximum Gasteiger partial charge on any atom is 0.411 e. The Morgan fingerprint density at radius 1 is 1.40 bits per heavy atom. The van der Waals surface area contributed by atoms with Gasteiger partial charge in [0.25, 0.3) is 0 Å². The molecule has 1 aromatic carbocycles. The molecule has 0 bridgehead atoms. The highest BCUT2D eigenvalue weighted by molar-refractivity contribution is 6.07. The summed E-state index contributed by atoms with van der Waals surface area (Å²) in [6.45, 7) is 2.10. The number of nitrogens with one attached hydrogen (secondary N) is 2. The zero-order valence-electron chi connectivity index (χ0n) is 11.5. The van der Waals surface area contributed by atoms with E-state index >= 15 is 0 Å². The van der Waals surface area contributed by atoms with Crippen LogP contribution < -0.4 is 10.6 Å². The molecule has 5 nitrogen and oxygen atoms in total. The highest BCUT2D eigenvalue weighted by Crippen LogP contribution is 2.49. The lowest BCUT2D eigenvalue weighted by molar-refractivity contribution is -0.120. The molecule has 0 unspecified atom stereocenters. The summed E-state index contributed by atoms with van der Waals surface area (Å²) in [5.74, 6) is 0.0956. The highest BCUT2D eigenvalue weighted by Gasteiger charge is 2.48. The average molecular weight is 274 g/mol. The maximum atomic E-state index is 12.3. The number of anilines is 2. The summed E-state index contributed by atoms with van der Waals surface area (Å²) in [5, 5.41) is 5.65. The van der Waals surface area contributed by atoms with E-state index in [1.807, 2.05) is 12.1 Å². The van der Waals surface area contributed by atoms with Gasteiger partial charge in [-0.2, -0.15) is 0 Å². The average Bonchev–Trinajstić information content (AvgIpc) is 3.00. The number of carbonyl (C=O) groups is 2. The van der Waals surface area contributed by atoms with E-state index in [-0.39, 0.29) is 11.3 Å². The van der Waals surface area contributed by atoms with Crippen LogP contribution in [0.5, 0.6) is 0 Å². The maximum absolute atomic E-state index is 12.3. The third-order valence-electron chi connectivity index (χ3n) is 4.20. The molecule has 1 aromatic rings. The summed E-state index contributed by atoms with van der Waals surface area (Å²) in [6.07, 6.45) is 3.44. The number of ether oxygens (including phenoxy) is 1. The zero-order valence-corrected chi connectivity index (χ0v) is 11.5. The number of hydrogen-bond donors (Lipinski definition) is 2. The number of carbonyl (C=O) groups excluding carboxylic acids is 2. The van der Waals surface area contributed by atoms with Crippen LogP contribution >= 0.6 is 0 Å². The molecule has 3 rings (SSSR count). The molecule has 0 radical (unpaired) electrons. The van der Waals surface area contributed by atoms with Crippen molar-refractivity contribution < 1.29 is 14.3 Å². The molecule has 2 N–H and O–H groups in total. The van der Waals surface area contributed by atoms with Crippen LogP contribution in [0.4, 0.5) is 16.2 Å². The van der Waals surface area contributed by atoms with E-state index in [1.165, 1.54) is 0 Å². The minimum absolute atomic E-state index is 0.0956. The Labute approximate surface area is 117 Å². The quantitative estimate of drug-likeness (QED) is 0.871.